The molecule has 3 heteroatoms. The van der Waals surface area contributed by atoms with Gasteiger partial charge in [-0.1, -0.05) is 77.2 Å². The lowest BCUT2D eigenvalue weighted by atomic mass is 10.1. The first-order chi connectivity index (χ1) is 11.2. The number of carbonyl (C=O) groups is 1. The van der Waals surface area contributed by atoms with Crippen molar-refractivity contribution in [3.8, 4) is 0 Å². The van der Waals surface area contributed by atoms with Gasteiger partial charge in [0, 0.05) is 6.08 Å². The molecule has 0 atom stereocenters. The monoisotopic (exact) mass is 320 g/mol. The predicted octanol–water partition coefficient (Wildman–Crippen LogP) is 6.13. The van der Waals surface area contributed by atoms with Gasteiger partial charge < -0.3 is 9.84 Å². The molecule has 1 aliphatic rings. The molecular weight excluding hydrogens is 288 g/mol. The van der Waals surface area contributed by atoms with Crippen molar-refractivity contribution >= 4 is 5.97 Å². The maximum Gasteiger partial charge on any atom is 0.328 e. The summed E-state index contributed by atoms with van der Waals surface area (Å²) in [4.78, 5) is 10.3. The van der Waals surface area contributed by atoms with Crippen LogP contribution in [0.3, 0.4) is 0 Å². The predicted molar refractivity (Wildman–Crippen MR) is 95.1 cm³/mol. The molecule has 0 saturated carbocycles. The van der Waals surface area contributed by atoms with Crippen LogP contribution in [-0.2, 0) is 9.53 Å². The third-order valence-electron chi connectivity index (χ3n) is 4.04. The van der Waals surface area contributed by atoms with Crippen molar-refractivity contribution in [3.63, 3.8) is 0 Å². The molecule has 0 aromatic heterocycles. The van der Waals surface area contributed by atoms with Gasteiger partial charge in [0.25, 0.3) is 0 Å². The van der Waals surface area contributed by atoms with E-state index in [0.29, 0.717) is 5.76 Å². The molecule has 1 N–H and O–H groups in total. The van der Waals surface area contributed by atoms with E-state index in [1.807, 2.05) is 6.08 Å². The Hall–Kier alpha value is -1.51. The summed E-state index contributed by atoms with van der Waals surface area (Å²) < 4.78 is 5.17. The fourth-order valence-electron chi connectivity index (χ4n) is 2.59. The van der Waals surface area contributed by atoms with Gasteiger partial charge in [0.1, 0.15) is 0 Å². The first kappa shape index (κ1) is 19.5. The summed E-state index contributed by atoms with van der Waals surface area (Å²) in [5.74, 6) is 0.519. The first-order valence-corrected chi connectivity index (χ1v) is 9.23. The van der Waals surface area contributed by atoms with Crippen LogP contribution in [0.4, 0.5) is 0 Å². The van der Waals surface area contributed by atoms with Crippen molar-refractivity contribution in [2.45, 2.75) is 84.0 Å². The van der Waals surface area contributed by atoms with Crippen molar-refractivity contribution in [1.29, 1.82) is 0 Å². The van der Waals surface area contributed by atoms with Crippen LogP contribution in [0.25, 0.3) is 0 Å². The molecule has 0 saturated heterocycles. The lowest BCUT2D eigenvalue weighted by Gasteiger charge is -2.01. The van der Waals surface area contributed by atoms with E-state index in [-0.39, 0.29) is 0 Å². The van der Waals surface area contributed by atoms with Gasteiger partial charge in [-0.05, 0) is 25.0 Å². The van der Waals surface area contributed by atoms with Crippen LogP contribution in [0.2, 0.25) is 0 Å². The number of rotatable bonds is 15. The molecule has 1 heterocycles. The summed E-state index contributed by atoms with van der Waals surface area (Å²) in [6.45, 7) is 2.26. The number of carboxylic acids is 1. The lowest BCUT2D eigenvalue weighted by Crippen LogP contribution is -1.84. The second-order valence-corrected chi connectivity index (χ2v) is 6.23. The molecule has 0 aliphatic carbocycles. The van der Waals surface area contributed by atoms with Crippen molar-refractivity contribution in [2.24, 2.45) is 0 Å². The van der Waals surface area contributed by atoms with Gasteiger partial charge in [-0.2, -0.15) is 0 Å². The number of hydrogen-bond donors (Lipinski definition) is 1. The maximum atomic E-state index is 10.3. The SMILES string of the molecule is CCCCCCCCCCCCCC=CC1=C(C=CC(=O)O)O1. The molecule has 23 heavy (non-hydrogen) atoms. The number of ether oxygens (including phenoxy) is 1. The van der Waals surface area contributed by atoms with Gasteiger partial charge in [-0.25, -0.2) is 4.79 Å². The highest BCUT2D eigenvalue weighted by molar-refractivity contribution is 5.80. The largest absolute Gasteiger partial charge is 0.478 e. The minimum absolute atomic E-state index is 0.669. The molecule has 0 fully saturated rings. The summed E-state index contributed by atoms with van der Waals surface area (Å²) in [6, 6.07) is 0. The minimum Gasteiger partial charge on any atom is -0.478 e. The molecule has 0 aromatic rings. The van der Waals surface area contributed by atoms with Crippen molar-refractivity contribution < 1.29 is 14.6 Å². The van der Waals surface area contributed by atoms with Crippen molar-refractivity contribution in [1.82, 2.24) is 0 Å². The molecule has 1 aliphatic heterocycles. The van der Waals surface area contributed by atoms with Gasteiger partial charge in [-0.15, -0.1) is 0 Å². The molecule has 1 rings (SSSR count). The molecular formula is C20H32O3. The third-order valence-corrected chi connectivity index (χ3v) is 4.04. The number of allylic oxidation sites excluding steroid dienone is 3. The van der Waals surface area contributed by atoms with Crippen molar-refractivity contribution in [2.75, 3.05) is 0 Å². The third kappa shape index (κ3) is 11.7. The maximum absolute atomic E-state index is 10.3. The van der Waals surface area contributed by atoms with Crippen molar-refractivity contribution in [3.05, 3.63) is 35.8 Å². The first-order valence-electron chi connectivity index (χ1n) is 9.23. The molecule has 0 aromatic carbocycles. The van der Waals surface area contributed by atoms with Crippen LogP contribution in [0, 0.1) is 0 Å². The summed E-state index contributed by atoms with van der Waals surface area (Å²) in [7, 11) is 0. The normalized spacial score (nSPS) is 14.0. The Morgan fingerprint density at radius 3 is 1.96 bits per heavy atom. The summed E-state index contributed by atoms with van der Waals surface area (Å²) in [6.07, 6.45) is 22.7. The fraction of sp³-hybridized carbons (Fsp3) is 0.650. The molecule has 0 amide bonds. The minimum atomic E-state index is -0.947. The topological polar surface area (TPSA) is 49.8 Å². The van der Waals surface area contributed by atoms with Gasteiger partial charge in [0.2, 0.25) is 0 Å². The second kappa shape index (κ2) is 13.0. The van der Waals surface area contributed by atoms with E-state index in [9.17, 15) is 4.79 Å². The van der Waals surface area contributed by atoms with Crippen LogP contribution in [0.15, 0.2) is 35.8 Å². The molecule has 130 valence electrons. The standard InChI is InChI=1S/C20H32O3/c1-2-3-4-5-6-7-8-9-10-11-12-13-14-15-18-19(23-18)16-17-20(21)22/h14-17H,2-13H2,1H3,(H,21,22). The fourth-order valence-corrected chi connectivity index (χ4v) is 2.59. The zero-order valence-electron chi connectivity index (χ0n) is 14.6. The van der Waals surface area contributed by atoms with Crippen LogP contribution >= 0.6 is 0 Å². The Morgan fingerprint density at radius 2 is 1.39 bits per heavy atom. The molecule has 0 spiro atoms. The van der Waals surface area contributed by atoms with E-state index in [1.54, 1.807) is 0 Å². The average Bonchev–Trinajstić information content (AvgIpc) is 3.28. The Balaban J connectivity index is 1.85. The van der Waals surface area contributed by atoms with Crippen LogP contribution in [0.1, 0.15) is 84.0 Å². The van der Waals surface area contributed by atoms with Crippen LogP contribution < -0.4 is 0 Å². The highest BCUT2D eigenvalue weighted by atomic mass is 16.6. The Bertz CT molecular complexity index is 419. The van der Waals surface area contributed by atoms with E-state index < -0.39 is 5.97 Å². The zero-order chi connectivity index (χ0) is 16.8. The Kier molecular flexibility index (Phi) is 11.0. The Labute approximate surface area is 141 Å². The van der Waals surface area contributed by atoms with E-state index in [1.165, 1.54) is 76.7 Å². The lowest BCUT2D eigenvalue weighted by molar-refractivity contribution is -0.131. The number of unbranched alkanes of at least 4 members (excludes halogenated alkanes) is 11. The van der Waals surface area contributed by atoms with Gasteiger partial charge >= 0.3 is 5.97 Å². The van der Waals surface area contributed by atoms with Gasteiger partial charge in [-0.3, -0.25) is 0 Å². The Morgan fingerprint density at radius 1 is 0.870 bits per heavy atom. The number of hydrogen-bond acceptors (Lipinski definition) is 2. The van der Waals surface area contributed by atoms with Crippen LogP contribution in [-0.4, -0.2) is 11.1 Å². The molecule has 0 radical (unpaired) electrons. The molecule has 0 unspecified atom stereocenters. The van der Waals surface area contributed by atoms with E-state index in [0.717, 1.165) is 18.3 Å². The highest BCUT2D eigenvalue weighted by Gasteiger charge is 2.18. The summed E-state index contributed by atoms with van der Waals surface area (Å²) in [5.41, 5.74) is 0. The van der Waals surface area contributed by atoms with Crippen LogP contribution in [0.5, 0.6) is 0 Å². The second-order valence-electron chi connectivity index (χ2n) is 6.23. The quantitative estimate of drug-likeness (QED) is 0.292. The number of carboxylic acid groups (broad SMARTS) is 1. The zero-order valence-corrected chi connectivity index (χ0v) is 14.6. The molecule has 0 bridgehead atoms. The van der Waals surface area contributed by atoms with Gasteiger partial charge in [0.15, 0.2) is 11.5 Å². The van der Waals surface area contributed by atoms with E-state index >= 15 is 0 Å². The number of aliphatic carboxylic acids is 1. The summed E-state index contributed by atoms with van der Waals surface area (Å²) >= 11 is 0. The van der Waals surface area contributed by atoms with E-state index in [4.69, 9.17) is 9.84 Å². The average molecular weight is 320 g/mol. The summed E-state index contributed by atoms with van der Waals surface area (Å²) in [5, 5.41) is 8.49. The van der Waals surface area contributed by atoms with E-state index in [2.05, 4.69) is 13.0 Å². The smallest absolute Gasteiger partial charge is 0.328 e. The highest BCUT2D eigenvalue weighted by Crippen LogP contribution is 2.28. The van der Waals surface area contributed by atoms with Gasteiger partial charge in [0.05, 0.1) is 0 Å². The molecule has 3 nitrogen and oxygen atoms in total.